The molecule has 5 nitrogen and oxygen atoms in total. The van der Waals surface area contributed by atoms with Gasteiger partial charge in [-0.05, 0) is 43.2 Å². The molecule has 0 aliphatic heterocycles. The Bertz CT molecular complexity index is 763. The van der Waals surface area contributed by atoms with E-state index in [0.29, 0.717) is 5.02 Å². The topological polar surface area (TPSA) is 64.6 Å². The third-order valence-corrected chi connectivity index (χ3v) is 3.98. The number of halogens is 1. The zero-order valence-corrected chi connectivity index (χ0v) is 15.6. The smallest absolute Gasteiger partial charge is 0.309 e. The lowest BCUT2D eigenvalue weighted by Crippen LogP contribution is -2.31. The van der Waals surface area contributed by atoms with Crippen molar-refractivity contribution in [3.63, 3.8) is 0 Å². The molecule has 2 aromatic rings. The van der Waals surface area contributed by atoms with Crippen LogP contribution < -0.4 is 10.1 Å². The van der Waals surface area contributed by atoms with Gasteiger partial charge in [-0.3, -0.25) is 9.59 Å². The molecule has 0 aliphatic rings. The van der Waals surface area contributed by atoms with E-state index < -0.39 is 5.97 Å². The normalized spacial score (nSPS) is 11.5. The lowest BCUT2D eigenvalue weighted by molar-refractivity contribution is -0.149. The van der Waals surface area contributed by atoms with Crippen LogP contribution in [0.15, 0.2) is 48.5 Å². The van der Waals surface area contributed by atoms with E-state index in [1.54, 1.807) is 12.1 Å². The summed E-state index contributed by atoms with van der Waals surface area (Å²) in [6.45, 7) is 3.64. The van der Waals surface area contributed by atoms with Gasteiger partial charge >= 0.3 is 5.97 Å². The number of rotatable bonds is 8. The Hall–Kier alpha value is -2.53. The molecule has 0 aromatic heterocycles. The highest BCUT2D eigenvalue weighted by Crippen LogP contribution is 2.17. The van der Waals surface area contributed by atoms with Gasteiger partial charge in [0.2, 0.25) is 0 Å². The first-order chi connectivity index (χ1) is 12.5. The van der Waals surface area contributed by atoms with Gasteiger partial charge in [-0.25, -0.2) is 0 Å². The van der Waals surface area contributed by atoms with E-state index in [1.165, 1.54) is 0 Å². The fraction of sp³-hybridized carbons (Fsp3) is 0.300. The van der Waals surface area contributed by atoms with Crippen molar-refractivity contribution in [3.05, 3.63) is 64.7 Å². The van der Waals surface area contributed by atoms with Gasteiger partial charge in [-0.15, -0.1) is 0 Å². The Labute approximate surface area is 158 Å². The summed E-state index contributed by atoms with van der Waals surface area (Å²) >= 11 is 5.94. The van der Waals surface area contributed by atoms with E-state index in [-0.39, 0.29) is 31.6 Å². The van der Waals surface area contributed by atoms with Gasteiger partial charge in [0.1, 0.15) is 5.75 Å². The van der Waals surface area contributed by atoms with Crippen LogP contribution in [0.3, 0.4) is 0 Å². The van der Waals surface area contributed by atoms with Crippen LogP contribution in [0.5, 0.6) is 5.75 Å². The summed E-state index contributed by atoms with van der Waals surface area (Å²) in [5, 5.41) is 3.36. The number of carbonyl (C=O) groups excluding carboxylic acids is 2. The Morgan fingerprint density at radius 1 is 1.15 bits per heavy atom. The molecule has 1 atom stereocenters. The zero-order valence-electron chi connectivity index (χ0n) is 14.8. The predicted molar refractivity (Wildman–Crippen MR) is 100 cm³/mol. The maximum atomic E-state index is 11.9. The molecule has 1 amide bonds. The number of carbonyl (C=O) groups is 2. The molecule has 0 saturated heterocycles. The summed E-state index contributed by atoms with van der Waals surface area (Å²) in [6, 6.07) is 14.5. The lowest BCUT2D eigenvalue weighted by atomic mass is 10.1. The van der Waals surface area contributed by atoms with Crippen LogP contribution in [0.25, 0.3) is 0 Å². The van der Waals surface area contributed by atoms with Crippen molar-refractivity contribution in [3.8, 4) is 5.75 Å². The minimum absolute atomic E-state index is 0.0749. The van der Waals surface area contributed by atoms with Gasteiger partial charge in [0.15, 0.2) is 6.61 Å². The SMILES string of the molecule is Cc1ccccc1OCCC(=O)OCC(=O)N[C@H](C)c1cccc(Cl)c1. The first kappa shape index (κ1) is 19.8. The van der Waals surface area contributed by atoms with E-state index in [4.69, 9.17) is 21.1 Å². The van der Waals surface area contributed by atoms with Crippen molar-refractivity contribution in [2.75, 3.05) is 13.2 Å². The Morgan fingerprint density at radius 2 is 1.92 bits per heavy atom. The van der Waals surface area contributed by atoms with Crippen molar-refractivity contribution in [2.45, 2.75) is 26.3 Å². The molecule has 0 saturated carbocycles. The van der Waals surface area contributed by atoms with E-state index in [0.717, 1.165) is 16.9 Å². The number of para-hydroxylation sites is 1. The molecule has 0 aliphatic carbocycles. The van der Waals surface area contributed by atoms with Crippen molar-refractivity contribution in [1.82, 2.24) is 5.32 Å². The van der Waals surface area contributed by atoms with E-state index >= 15 is 0 Å². The van der Waals surface area contributed by atoms with Gasteiger partial charge in [0.05, 0.1) is 19.1 Å². The van der Waals surface area contributed by atoms with Gasteiger partial charge in [-0.1, -0.05) is 41.9 Å². The second-order valence-corrected chi connectivity index (χ2v) is 6.31. The molecule has 0 spiro atoms. The summed E-state index contributed by atoms with van der Waals surface area (Å²) in [5.41, 5.74) is 1.87. The number of aryl methyl sites for hydroxylation is 1. The molecular formula is C20H22ClNO4. The minimum Gasteiger partial charge on any atom is -0.493 e. The van der Waals surface area contributed by atoms with Gasteiger partial charge in [0.25, 0.3) is 5.91 Å². The third kappa shape index (κ3) is 6.41. The molecular weight excluding hydrogens is 354 g/mol. The molecule has 0 fully saturated rings. The fourth-order valence-corrected chi connectivity index (χ4v) is 2.52. The van der Waals surface area contributed by atoms with E-state index in [2.05, 4.69) is 5.32 Å². The number of ether oxygens (including phenoxy) is 2. The molecule has 0 radical (unpaired) electrons. The van der Waals surface area contributed by atoms with E-state index in [9.17, 15) is 9.59 Å². The Kier molecular flexibility index (Phi) is 7.48. The molecule has 1 N–H and O–H groups in total. The van der Waals surface area contributed by atoms with Gasteiger partial charge in [0, 0.05) is 5.02 Å². The highest BCUT2D eigenvalue weighted by molar-refractivity contribution is 6.30. The third-order valence-electron chi connectivity index (χ3n) is 3.75. The molecule has 138 valence electrons. The summed E-state index contributed by atoms with van der Waals surface area (Å²) in [5.74, 6) is -0.122. The first-order valence-corrected chi connectivity index (χ1v) is 8.72. The molecule has 6 heteroatoms. The Balaban J connectivity index is 1.68. The van der Waals surface area contributed by atoms with Crippen LogP contribution in [-0.2, 0) is 14.3 Å². The largest absolute Gasteiger partial charge is 0.493 e. The molecule has 26 heavy (non-hydrogen) atoms. The number of amides is 1. The van der Waals surface area contributed by atoms with Crippen LogP contribution in [0.4, 0.5) is 0 Å². The number of hydrogen-bond donors (Lipinski definition) is 1. The summed E-state index contributed by atoms with van der Waals surface area (Å²) < 4.78 is 10.5. The predicted octanol–water partition coefficient (Wildman–Crippen LogP) is 3.84. The molecule has 0 unspecified atom stereocenters. The maximum Gasteiger partial charge on any atom is 0.309 e. The quantitative estimate of drug-likeness (QED) is 0.712. The molecule has 0 bridgehead atoms. The summed E-state index contributed by atoms with van der Waals surface area (Å²) in [6.07, 6.45) is 0.0749. The van der Waals surface area contributed by atoms with Crippen molar-refractivity contribution in [1.29, 1.82) is 0 Å². The van der Waals surface area contributed by atoms with Crippen LogP contribution in [0.1, 0.15) is 30.5 Å². The minimum atomic E-state index is -0.482. The monoisotopic (exact) mass is 375 g/mol. The van der Waals surface area contributed by atoms with E-state index in [1.807, 2.05) is 50.2 Å². The Morgan fingerprint density at radius 3 is 2.65 bits per heavy atom. The van der Waals surface area contributed by atoms with Crippen LogP contribution in [0.2, 0.25) is 5.02 Å². The maximum absolute atomic E-state index is 11.9. The van der Waals surface area contributed by atoms with Crippen LogP contribution >= 0.6 is 11.6 Å². The average molecular weight is 376 g/mol. The summed E-state index contributed by atoms with van der Waals surface area (Å²) in [4.78, 5) is 23.6. The average Bonchev–Trinajstić information content (AvgIpc) is 2.61. The van der Waals surface area contributed by atoms with Crippen molar-refractivity contribution >= 4 is 23.5 Å². The highest BCUT2D eigenvalue weighted by Gasteiger charge is 2.12. The highest BCUT2D eigenvalue weighted by atomic mass is 35.5. The molecule has 2 rings (SSSR count). The standard InChI is InChI=1S/C20H22ClNO4/c1-14-6-3-4-9-18(14)25-11-10-20(24)26-13-19(23)22-15(2)16-7-5-8-17(21)12-16/h3-9,12,15H,10-11,13H2,1-2H3,(H,22,23)/t15-/m1/s1. The second-order valence-electron chi connectivity index (χ2n) is 5.87. The number of esters is 1. The van der Waals surface area contributed by atoms with Crippen LogP contribution in [-0.4, -0.2) is 25.1 Å². The van der Waals surface area contributed by atoms with Crippen LogP contribution in [0, 0.1) is 6.92 Å². The summed E-state index contributed by atoms with van der Waals surface area (Å²) in [7, 11) is 0. The van der Waals surface area contributed by atoms with Crippen molar-refractivity contribution in [2.24, 2.45) is 0 Å². The van der Waals surface area contributed by atoms with Gasteiger partial charge < -0.3 is 14.8 Å². The van der Waals surface area contributed by atoms with Crippen molar-refractivity contribution < 1.29 is 19.1 Å². The number of hydrogen-bond acceptors (Lipinski definition) is 4. The molecule has 2 aromatic carbocycles. The lowest BCUT2D eigenvalue weighted by Gasteiger charge is -2.14. The fourth-order valence-electron chi connectivity index (χ4n) is 2.32. The second kappa shape index (κ2) is 9.82. The zero-order chi connectivity index (χ0) is 18.9. The molecule has 0 heterocycles. The van der Waals surface area contributed by atoms with Gasteiger partial charge in [-0.2, -0.15) is 0 Å². The number of nitrogens with one attached hydrogen (secondary N) is 1. The number of benzene rings is 2. The first-order valence-electron chi connectivity index (χ1n) is 8.34.